The average molecular weight is 586 g/mol. The number of likely N-dealkylation sites (tertiary alicyclic amines) is 1. The van der Waals surface area contributed by atoms with Gasteiger partial charge in [0.1, 0.15) is 21.2 Å². The molecule has 1 atom stereocenters. The number of carbonyl (C=O) groups is 3. The van der Waals surface area contributed by atoms with Crippen molar-refractivity contribution < 1.29 is 24.2 Å². The van der Waals surface area contributed by atoms with Gasteiger partial charge in [-0.3, -0.25) is 14.5 Å². The normalized spacial score (nSPS) is 16.4. The minimum atomic E-state index is -0.372. The van der Waals surface area contributed by atoms with Crippen molar-refractivity contribution in [2.24, 2.45) is 0 Å². The number of urea groups is 1. The topological polar surface area (TPSA) is 115 Å². The van der Waals surface area contributed by atoms with E-state index < -0.39 is 0 Å². The number of para-hydroxylation sites is 1. The van der Waals surface area contributed by atoms with Crippen molar-refractivity contribution in [1.82, 2.24) is 14.8 Å². The van der Waals surface area contributed by atoms with Crippen LogP contribution >= 0.6 is 11.3 Å². The van der Waals surface area contributed by atoms with Crippen molar-refractivity contribution in [1.29, 1.82) is 0 Å². The zero-order valence-corrected chi connectivity index (χ0v) is 24.2. The van der Waals surface area contributed by atoms with Gasteiger partial charge < -0.3 is 25.0 Å². The number of pyridine rings is 1. The molecule has 0 bridgehead atoms. The summed E-state index contributed by atoms with van der Waals surface area (Å²) in [4.78, 5) is 50.4. The highest BCUT2D eigenvalue weighted by atomic mass is 32.1. The van der Waals surface area contributed by atoms with Crippen LogP contribution in [0.1, 0.15) is 34.5 Å². The molecular weight excluding hydrogens is 554 g/mol. The number of piperidine rings is 1. The summed E-state index contributed by atoms with van der Waals surface area (Å²) < 4.78 is 5.97. The van der Waals surface area contributed by atoms with Gasteiger partial charge in [-0.05, 0) is 61.7 Å². The molecule has 0 spiro atoms. The summed E-state index contributed by atoms with van der Waals surface area (Å²) in [6.45, 7) is 2.75. The minimum Gasteiger partial charge on any atom is -0.457 e. The van der Waals surface area contributed by atoms with Crippen LogP contribution in [0.2, 0.25) is 0 Å². The fraction of sp³-hybridized carbons (Fsp3) is 0.290. The molecule has 1 fully saturated rings. The fourth-order valence-corrected chi connectivity index (χ4v) is 6.72. The van der Waals surface area contributed by atoms with Crippen LogP contribution in [0, 0.1) is 6.92 Å². The number of anilines is 3. The number of hydrogen-bond acceptors (Lipinski definition) is 7. The van der Waals surface area contributed by atoms with Gasteiger partial charge in [0, 0.05) is 38.8 Å². The largest absolute Gasteiger partial charge is 0.457 e. The number of aryl methyl sites for hydroxylation is 1. The molecule has 6 rings (SSSR count). The average Bonchev–Trinajstić information content (AvgIpc) is 3.37. The van der Waals surface area contributed by atoms with Crippen molar-refractivity contribution in [2.75, 3.05) is 37.0 Å². The van der Waals surface area contributed by atoms with Crippen molar-refractivity contribution >= 4 is 56.5 Å². The number of hydrogen-bond donors (Lipinski definition) is 2. The summed E-state index contributed by atoms with van der Waals surface area (Å²) in [5.74, 6) is 1.04. The Kier molecular flexibility index (Phi) is 7.53. The quantitative estimate of drug-likeness (QED) is 0.295. The summed E-state index contributed by atoms with van der Waals surface area (Å²) in [7, 11) is 1.73. The monoisotopic (exact) mass is 585 g/mol. The molecule has 216 valence electrons. The van der Waals surface area contributed by atoms with Gasteiger partial charge in [-0.1, -0.05) is 18.2 Å². The molecule has 4 amide bonds. The second-order valence-electron chi connectivity index (χ2n) is 10.5. The predicted molar refractivity (Wildman–Crippen MR) is 162 cm³/mol. The Labute approximate surface area is 247 Å². The molecule has 0 aliphatic carbocycles. The minimum absolute atomic E-state index is 0.0735. The third-order valence-corrected chi connectivity index (χ3v) is 8.86. The van der Waals surface area contributed by atoms with Crippen LogP contribution in [0.5, 0.6) is 11.5 Å². The molecule has 0 unspecified atom stereocenters. The lowest BCUT2D eigenvalue weighted by atomic mass is 10.0. The zero-order chi connectivity index (χ0) is 29.4. The first-order chi connectivity index (χ1) is 20.4. The van der Waals surface area contributed by atoms with Crippen molar-refractivity contribution in [3.8, 4) is 11.5 Å². The number of thiophene rings is 1. The lowest BCUT2D eigenvalue weighted by molar-refractivity contribution is -0.133. The van der Waals surface area contributed by atoms with Gasteiger partial charge in [-0.2, -0.15) is 0 Å². The van der Waals surface area contributed by atoms with Crippen molar-refractivity contribution in [3.05, 3.63) is 71.2 Å². The lowest BCUT2D eigenvalue weighted by Gasteiger charge is -2.37. The third kappa shape index (κ3) is 5.05. The summed E-state index contributed by atoms with van der Waals surface area (Å²) in [6, 6.07) is 16.3. The van der Waals surface area contributed by atoms with E-state index in [2.05, 4.69) is 10.3 Å². The number of nitrogens with zero attached hydrogens (tertiary/aromatic N) is 4. The van der Waals surface area contributed by atoms with Gasteiger partial charge in [-0.25, -0.2) is 9.78 Å². The first kappa shape index (κ1) is 27.7. The molecule has 10 nitrogen and oxygen atoms in total. The molecule has 2 aromatic heterocycles. The van der Waals surface area contributed by atoms with Crippen LogP contribution in [0.25, 0.3) is 10.2 Å². The lowest BCUT2D eigenvalue weighted by Crippen LogP contribution is -2.50. The Morgan fingerprint density at radius 3 is 2.71 bits per heavy atom. The highest BCUT2D eigenvalue weighted by Crippen LogP contribution is 2.47. The van der Waals surface area contributed by atoms with Crippen LogP contribution in [-0.2, 0) is 4.79 Å². The number of aliphatic hydroxyl groups is 1. The number of aromatic nitrogens is 1. The van der Waals surface area contributed by atoms with E-state index in [1.54, 1.807) is 34.0 Å². The van der Waals surface area contributed by atoms with Crippen LogP contribution in [-0.4, -0.2) is 70.5 Å². The molecule has 11 heteroatoms. The molecule has 2 aromatic carbocycles. The van der Waals surface area contributed by atoms with Gasteiger partial charge in [0.25, 0.3) is 5.91 Å². The van der Waals surface area contributed by atoms with Gasteiger partial charge >= 0.3 is 6.03 Å². The predicted octanol–water partition coefficient (Wildman–Crippen LogP) is 5.53. The fourth-order valence-electron chi connectivity index (χ4n) is 5.62. The number of aliphatic hydroxyl groups excluding tert-OH is 1. The summed E-state index contributed by atoms with van der Waals surface area (Å²) in [6.07, 6.45) is 3.25. The number of ether oxygens (including phenoxy) is 1. The van der Waals surface area contributed by atoms with Crippen LogP contribution in [0.4, 0.5) is 21.9 Å². The zero-order valence-electron chi connectivity index (χ0n) is 23.4. The number of carbonyl (C=O) groups excluding carboxylic acids is 3. The maximum Gasteiger partial charge on any atom is 0.331 e. The molecule has 2 N–H and O–H groups in total. The van der Waals surface area contributed by atoms with E-state index in [4.69, 9.17) is 9.84 Å². The molecule has 0 saturated carbocycles. The number of rotatable bonds is 7. The Morgan fingerprint density at radius 2 is 1.95 bits per heavy atom. The molecule has 42 heavy (non-hydrogen) atoms. The van der Waals surface area contributed by atoms with E-state index in [1.165, 1.54) is 11.3 Å². The van der Waals surface area contributed by atoms with Crippen LogP contribution in [0.15, 0.2) is 60.8 Å². The molecule has 4 heterocycles. The van der Waals surface area contributed by atoms with E-state index >= 15 is 0 Å². The van der Waals surface area contributed by atoms with E-state index in [0.717, 1.165) is 24.2 Å². The number of likely N-dealkylation sites (N-methyl/N-ethyl adjacent to an activating group) is 1. The van der Waals surface area contributed by atoms with Gasteiger partial charge in [0.15, 0.2) is 0 Å². The first-order valence-corrected chi connectivity index (χ1v) is 14.7. The smallest absolute Gasteiger partial charge is 0.331 e. The van der Waals surface area contributed by atoms with E-state index in [9.17, 15) is 14.4 Å². The Bertz CT molecular complexity index is 1670. The number of nitrogens with one attached hydrogen (secondary N) is 1. The highest BCUT2D eigenvalue weighted by Gasteiger charge is 2.36. The van der Waals surface area contributed by atoms with Gasteiger partial charge in [0.2, 0.25) is 5.91 Å². The standard InChI is InChI=1S/C31H31N5O5S/c1-19-17-22(41-21-8-4-3-5-9-21)10-11-23(19)36-24-12-14-32-29-26(24)27(33-31(36)40)28(42-29)30(39)34(2)20-7-6-15-35(18-20)25(38)13-16-37/h3-5,8-12,14,17,20,37H,6-7,13,15-16,18H2,1-2H3,(H,33,40)/t20-/m1/s1. The number of benzene rings is 2. The van der Waals surface area contributed by atoms with Crippen molar-refractivity contribution in [2.45, 2.75) is 32.2 Å². The Balaban J connectivity index is 1.30. The van der Waals surface area contributed by atoms with Crippen molar-refractivity contribution in [3.63, 3.8) is 0 Å². The molecule has 0 radical (unpaired) electrons. The van der Waals surface area contributed by atoms with E-state index in [-0.39, 0.29) is 36.9 Å². The van der Waals surface area contributed by atoms with Crippen LogP contribution in [0.3, 0.4) is 0 Å². The maximum absolute atomic E-state index is 13.8. The molecule has 1 saturated heterocycles. The second-order valence-corrected chi connectivity index (χ2v) is 11.5. The molecule has 2 aliphatic heterocycles. The summed E-state index contributed by atoms with van der Waals surface area (Å²) >= 11 is 1.25. The molecule has 2 aliphatic rings. The van der Waals surface area contributed by atoms with Gasteiger partial charge in [-0.15, -0.1) is 11.3 Å². The third-order valence-electron chi connectivity index (χ3n) is 7.77. The molecular formula is C31H31N5O5S. The first-order valence-electron chi connectivity index (χ1n) is 13.9. The van der Waals surface area contributed by atoms with E-state index in [0.29, 0.717) is 51.0 Å². The highest BCUT2D eigenvalue weighted by molar-refractivity contribution is 7.21. The second kappa shape index (κ2) is 11.4. The Hall–Kier alpha value is -4.48. The summed E-state index contributed by atoms with van der Waals surface area (Å²) in [5.41, 5.74) is 2.64. The van der Waals surface area contributed by atoms with E-state index in [1.807, 2.05) is 55.5 Å². The molecule has 4 aromatic rings. The maximum atomic E-state index is 13.8. The number of amides is 4. The summed E-state index contributed by atoms with van der Waals surface area (Å²) in [5, 5.41) is 12.9. The van der Waals surface area contributed by atoms with Gasteiger partial charge in [0.05, 0.1) is 29.1 Å². The SMILES string of the molecule is Cc1cc(Oc2ccccc2)ccc1N1C(=O)Nc2c(C(=O)N(C)[C@@H]3CCCN(C(=O)CCO)C3)sc3nccc1c23. The Morgan fingerprint density at radius 1 is 1.14 bits per heavy atom. The van der Waals surface area contributed by atoms with Crippen LogP contribution < -0.4 is 15.0 Å².